The van der Waals surface area contributed by atoms with E-state index in [2.05, 4.69) is 0 Å². The van der Waals surface area contributed by atoms with Gasteiger partial charge in [-0.05, 0) is 6.26 Å². The average molecular weight is 292 g/mol. The van der Waals surface area contributed by atoms with Gasteiger partial charge >= 0.3 is 5.69 Å². The van der Waals surface area contributed by atoms with Crippen LogP contribution in [-0.4, -0.2) is 49.8 Å². The number of alkyl halides is 1. The summed E-state index contributed by atoms with van der Waals surface area (Å²) in [4.78, 5) is 24.5. The second kappa shape index (κ2) is 5.45. The smallest absolute Gasteiger partial charge is 0.330 e. The molecule has 0 aliphatic carbocycles. The molecule has 9 heteroatoms. The molecule has 0 radical (unpaired) electrons. The number of H-pyrrole nitrogens is 1. The average Bonchev–Trinajstić information content (AvgIpc) is 2.66. The van der Waals surface area contributed by atoms with Crippen LogP contribution < -0.4 is 11.2 Å². The van der Waals surface area contributed by atoms with Crippen LogP contribution in [-0.2, 0) is 4.74 Å². The SMILES string of the molecule is CS[C@@H](F)[C@H]1O[C@@H](n2ccc(=O)[nH]c2=O)[C@H](O)[C@@H]1O. The van der Waals surface area contributed by atoms with E-state index < -0.39 is 41.3 Å². The van der Waals surface area contributed by atoms with Crippen molar-refractivity contribution in [1.29, 1.82) is 0 Å². The van der Waals surface area contributed by atoms with E-state index in [0.29, 0.717) is 0 Å². The molecule has 19 heavy (non-hydrogen) atoms. The van der Waals surface area contributed by atoms with Gasteiger partial charge in [0.15, 0.2) is 11.7 Å². The van der Waals surface area contributed by atoms with Gasteiger partial charge in [-0.1, -0.05) is 0 Å². The van der Waals surface area contributed by atoms with Gasteiger partial charge in [0.2, 0.25) is 0 Å². The monoisotopic (exact) mass is 292 g/mol. The highest BCUT2D eigenvalue weighted by atomic mass is 32.2. The van der Waals surface area contributed by atoms with Crippen LogP contribution >= 0.6 is 11.8 Å². The fourth-order valence-corrected chi connectivity index (χ4v) is 2.39. The molecule has 106 valence electrons. The van der Waals surface area contributed by atoms with Crippen molar-refractivity contribution < 1.29 is 19.3 Å². The maximum absolute atomic E-state index is 13.5. The van der Waals surface area contributed by atoms with Gasteiger partial charge in [0.05, 0.1) is 0 Å². The maximum atomic E-state index is 13.5. The van der Waals surface area contributed by atoms with Gasteiger partial charge in [-0.3, -0.25) is 14.3 Å². The topological polar surface area (TPSA) is 105 Å². The first-order valence-corrected chi connectivity index (χ1v) is 6.74. The number of aromatic amines is 1. The Hall–Kier alpha value is -1.16. The molecule has 1 saturated heterocycles. The first-order chi connectivity index (χ1) is 8.95. The Kier molecular flexibility index (Phi) is 4.09. The van der Waals surface area contributed by atoms with Crippen LogP contribution in [0, 0.1) is 0 Å². The number of rotatable bonds is 3. The van der Waals surface area contributed by atoms with E-state index in [0.717, 1.165) is 28.6 Å². The van der Waals surface area contributed by atoms with E-state index in [-0.39, 0.29) is 0 Å². The van der Waals surface area contributed by atoms with Gasteiger partial charge in [0, 0.05) is 12.3 Å². The highest BCUT2D eigenvalue weighted by Gasteiger charge is 2.47. The minimum Gasteiger partial charge on any atom is -0.387 e. The Morgan fingerprint density at radius 2 is 2.16 bits per heavy atom. The Morgan fingerprint density at radius 1 is 1.47 bits per heavy atom. The van der Waals surface area contributed by atoms with Gasteiger partial charge in [0.25, 0.3) is 5.56 Å². The highest BCUT2D eigenvalue weighted by Crippen LogP contribution is 2.33. The molecule has 1 aromatic rings. The molecule has 5 atom stereocenters. The summed E-state index contributed by atoms with van der Waals surface area (Å²) in [5, 5.41) is 19.5. The van der Waals surface area contributed by atoms with E-state index in [1.54, 1.807) is 0 Å². The molecule has 1 aliphatic rings. The minimum absolute atomic E-state index is 0.599. The number of ether oxygens (including phenoxy) is 1. The zero-order valence-electron chi connectivity index (χ0n) is 9.89. The van der Waals surface area contributed by atoms with Crippen molar-refractivity contribution in [2.45, 2.75) is 30.0 Å². The molecule has 7 nitrogen and oxygen atoms in total. The van der Waals surface area contributed by atoms with E-state index >= 15 is 0 Å². The standard InChI is InChI=1S/C10H13FN2O5S/c1-19-8(11)7-5(15)6(16)9(18-7)13-3-2-4(14)12-10(13)17/h2-3,5-9,15-16H,1H3,(H,12,14,17)/t5-,6+,7-,8+,9+/m0/s1. The predicted octanol–water partition coefficient (Wildman–Crippen LogP) is -1.19. The fourth-order valence-electron chi connectivity index (χ4n) is 1.89. The molecule has 1 fully saturated rings. The molecule has 0 bridgehead atoms. The van der Waals surface area contributed by atoms with E-state index in [1.807, 2.05) is 4.98 Å². The van der Waals surface area contributed by atoms with Crippen molar-refractivity contribution in [3.8, 4) is 0 Å². The lowest BCUT2D eigenvalue weighted by Crippen LogP contribution is -2.38. The number of thioether (sulfide) groups is 1. The third-order valence-corrected chi connectivity index (χ3v) is 3.60. The van der Waals surface area contributed by atoms with Crippen LogP contribution in [0.5, 0.6) is 0 Å². The Balaban J connectivity index is 2.31. The van der Waals surface area contributed by atoms with Gasteiger partial charge < -0.3 is 14.9 Å². The van der Waals surface area contributed by atoms with Crippen LogP contribution in [0.2, 0.25) is 0 Å². The van der Waals surface area contributed by atoms with Crippen molar-refractivity contribution in [2.75, 3.05) is 6.26 Å². The largest absolute Gasteiger partial charge is 0.387 e. The van der Waals surface area contributed by atoms with Crippen molar-refractivity contribution in [2.24, 2.45) is 0 Å². The number of nitrogens with zero attached hydrogens (tertiary/aromatic N) is 1. The second-order valence-corrected chi connectivity index (χ2v) is 5.00. The lowest BCUT2D eigenvalue weighted by Gasteiger charge is -2.17. The molecule has 0 unspecified atom stereocenters. The number of halogens is 1. The fraction of sp³-hybridized carbons (Fsp3) is 0.600. The van der Waals surface area contributed by atoms with Gasteiger partial charge in [-0.2, -0.15) is 0 Å². The molecule has 1 aliphatic heterocycles. The van der Waals surface area contributed by atoms with Crippen LogP contribution in [0.25, 0.3) is 0 Å². The van der Waals surface area contributed by atoms with Crippen LogP contribution in [0.4, 0.5) is 4.39 Å². The summed E-state index contributed by atoms with van der Waals surface area (Å²) in [7, 11) is 0. The molecule has 3 N–H and O–H groups in total. The molecule has 0 saturated carbocycles. The summed E-state index contributed by atoms with van der Waals surface area (Å²) in [6.07, 6.45) is -2.78. The van der Waals surface area contributed by atoms with Crippen LogP contribution in [0.3, 0.4) is 0 Å². The van der Waals surface area contributed by atoms with Gasteiger partial charge in [0.1, 0.15) is 18.3 Å². The highest BCUT2D eigenvalue weighted by molar-refractivity contribution is 7.99. The number of hydrogen-bond acceptors (Lipinski definition) is 6. The summed E-state index contributed by atoms with van der Waals surface area (Å²) < 4.78 is 19.6. The van der Waals surface area contributed by atoms with Crippen molar-refractivity contribution in [3.05, 3.63) is 33.1 Å². The van der Waals surface area contributed by atoms with Gasteiger partial charge in [-0.25, -0.2) is 9.18 Å². The van der Waals surface area contributed by atoms with Crippen LogP contribution in [0.15, 0.2) is 21.9 Å². The summed E-state index contributed by atoms with van der Waals surface area (Å²) in [6.45, 7) is 0. The number of aromatic nitrogens is 2. The van der Waals surface area contributed by atoms with E-state index in [4.69, 9.17) is 4.74 Å². The summed E-state index contributed by atoms with van der Waals surface area (Å²) >= 11 is 0.824. The Morgan fingerprint density at radius 3 is 2.74 bits per heavy atom. The molecule has 0 aromatic carbocycles. The third-order valence-electron chi connectivity index (χ3n) is 2.88. The normalized spacial score (nSPS) is 32.4. The second-order valence-electron chi connectivity index (χ2n) is 4.08. The first-order valence-electron chi connectivity index (χ1n) is 5.45. The zero-order chi connectivity index (χ0) is 14.2. The van der Waals surface area contributed by atoms with Crippen molar-refractivity contribution in [3.63, 3.8) is 0 Å². The molecule has 0 amide bonds. The summed E-state index contributed by atoms with van der Waals surface area (Å²) in [5.74, 6) is 0. The van der Waals surface area contributed by atoms with E-state index in [9.17, 15) is 24.2 Å². The van der Waals surface area contributed by atoms with E-state index in [1.165, 1.54) is 6.26 Å². The number of aliphatic hydroxyl groups is 2. The van der Waals surface area contributed by atoms with Gasteiger partial charge in [-0.15, -0.1) is 11.8 Å². The molecular formula is C10H13FN2O5S. The minimum atomic E-state index is -1.53. The lowest BCUT2D eigenvalue weighted by molar-refractivity contribution is -0.0503. The quantitative estimate of drug-likeness (QED) is 0.647. The molecule has 2 rings (SSSR count). The molecule has 2 heterocycles. The van der Waals surface area contributed by atoms with Crippen molar-refractivity contribution in [1.82, 2.24) is 9.55 Å². The number of hydrogen-bond donors (Lipinski definition) is 3. The summed E-state index contributed by atoms with van der Waals surface area (Å²) in [5.41, 5.74) is -2.93. The maximum Gasteiger partial charge on any atom is 0.330 e. The first kappa shape index (κ1) is 14.3. The number of nitrogens with one attached hydrogen (secondary N) is 1. The molecule has 1 aromatic heterocycles. The third kappa shape index (κ3) is 2.59. The summed E-state index contributed by atoms with van der Waals surface area (Å²) in [6, 6.07) is 1.07. The van der Waals surface area contributed by atoms with Crippen molar-refractivity contribution >= 4 is 11.8 Å². The Bertz CT molecular complexity index is 561. The molecular weight excluding hydrogens is 279 g/mol. The van der Waals surface area contributed by atoms with Crippen LogP contribution in [0.1, 0.15) is 6.23 Å². The number of aliphatic hydroxyl groups excluding tert-OH is 2. The Labute approximate surface area is 111 Å². The zero-order valence-corrected chi connectivity index (χ0v) is 10.7. The predicted molar refractivity (Wildman–Crippen MR) is 65.7 cm³/mol. The lowest BCUT2D eigenvalue weighted by atomic mass is 10.1. The molecule has 0 spiro atoms.